The van der Waals surface area contributed by atoms with Crippen LogP contribution in [0.25, 0.3) is 0 Å². The third-order valence-electron chi connectivity index (χ3n) is 3.37. The molecular weight excluding hydrogens is 224 g/mol. The largest absolute Gasteiger partial charge is 0.398 e. The first-order valence-corrected chi connectivity index (χ1v) is 6.15. The minimum absolute atomic E-state index is 0.795. The minimum Gasteiger partial charge on any atom is -0.398 e. The van der Waals surface area contributed by atoms with Gasteiger partial charge in [-0.15, -0.1) is 0 Å². The number of aryl methyl sites for hydroxylation is 1. The molecule has 4 nitrogen and oxygen atoms in total. The van der Waals surface area contributed by atoms with Crippen molar-refractivity contribution in [3.05, 3.63) is 47.3 Å². The van der Waals surface area contributed by atoms with Gasteiger partial charge in [0.25, 0.3) is 0 Å². The third-order valence-corrected chi connectivity index (χ3v) is 3.37. The molecule has 0 saturated carbocycles. The van der Waals surface area contributed by atoms with Crippen molar-refractivity contribution in [2.24, 2.45) is 0 Å². The summed E-state index contributed by atoms with van der Waals surface area (Å²) < 4.78 is 0. The molecule has 18 heavy (non-hydrogen) atoms. The monoisotopic (exact) mass is 240 g/mol. The number of nitrogens with zero attached hydrogens (tertiary/aromatic N) is 3. The van der Waals surface area contributed by atoms with E-state index in [0.29, 0.717) is 0 Å². The lowest BCUT2D eigenvalue weighted by Gasteiger charge is -2.29. The van der Waals surface area contributed by atoms with E-state index in [9.17, 15) is 0 Å². The van der Waals surface area contributed by atoms with Gasteiger partial charge < -0.3 is 10.6 Å². The Morgan fingerprint density at radius 3 is 3.00 bits per heavy atom. The Balaban J connectivity index is 1.93. The highest BCUT2D eigenvalue weighted by atomic mass is 15.2. The highest BCUT2D eigenvalue weighted by Crippen LogP contribution is 2.26. The summed E-state index contributed by atoms with van der Waals surface area (Å²) >= 11 is 0. The van der Waals surface area contributed by atoms with Gasteiger partial charge in [0.15, 0.2) is 0 Å². The first-order chi connectivity index (χ1) is 8.74. The molecule has 0 amide bonds. The smallest absolute Gasteiger partial charge is 0.225 e. The molecule has 0 bridgehead atoms. The van der Waals surface area contributed by atoms with Crippen molar-refractivity contribution in [3.8, 4) is 0 Å². The number of nitrogens with two attached hydrogens (primary N) is 1. The highest BCUT2D eigenvalue weighted by Gasteiger charge is 2.19. The summed E-state index contributed by atoms with van der Waals surface area (Å²) in [6, 6.07) is 8.04. The Morgan fingerprint density at radius 2 is 2.17 bits per heavy atom. The molecule has 0 fully saturated rings. The summed E-state index contributed by atoms with van der Waals surface area (Å²) in [5.41, 5.74) is 10.5. The Morgan fingerprint density at radius 1 is 1.28 bits per heavy atom. The fourth-order valence-corrected chi connectivity index (χ4v) is 2.37. The molecule has 2 aromatic rings. The predicted molar refractivity (Wildman–Crippen MR) is 72.4 cm³/mol. The summed E-state index contributed by atoms with van der Waals surface area (Å²) in [7, 11) is 0. The Bertz CT molecular complexity index is 580. The topological polar surface area (TPSA) is 55.0 Å². The number of nitrogen functional groups attached to an aromatic ring is 1. The van der Waals surface area contributed by atoms with Gasteiger partial charge in [-0.3, -0.25) is 0 Å². The van der Waals surface area contributed by atoms with E-state index < -0.39 is 0 Å². The number of hydrogen-bond acceptors (Lipinski definition) is 4. The van der Waals surface area contributed by atoms with Crippen LogP contribution < -0.4 is 10.6 Å². The fraction of sp³-hybridized carbons (Fsp3) is 0.286. The van der Waals surface area contributed by atoms with Crippen molar-refractivity contribution in [1.29, 1.82) is 0 Å². The number of anilines is 2. The molecule has 1 aromatic carbocycles. The molecule has 0 atom stereocenters. The van der Waals surface area contributed by atoms with E-state index >= 15 is 0 Å². The van der Waals surface area contributed by atoms with Gasteiger partial charge in [0.1, 0.15) is 0 Å². The number of hydrogen-bond donors (Lipinski definition) is 1. The quantitative estimate of drug-likeness (QED) is 0.774. The van der Waals surface area contributed by atoms with Crippen molar-refractivity contribution in [1.82, 2.24) is 9.97 Å². The van der Waals surface area contributed by atoms with Crippen LogP contribution in [0.15, 0.2) is 30.5 Å². The van der Waals surface area contributed by atoms with Gasteiger partial charge in [0, 0.05) is 30.7 Å². The highest BCUT2D eigenvalue weighted by molar-refractivity contribution is 5.54. The summed E-state index contributed by atoms with van der Waals surface area (Å²) in [5, 5.41) is 0. The van der Waals surface area contributed by atoms with Crippen LogP contribution in [0.1, 0.15) is 16.8 Å². The van der Waals surface area contributed by atoms with E-state index in [4.69, 9.17) is 5.73 Å². The van der Waals surface area contributed by atoms with Gasteiger partial charge >= 0.3 is 0 Å². The molecule has 0 saturated heterocycles. The van der Waals surface area contributed by atoms with E-state index in [-0.39, 0.29) is 0 Å². The SMILES string of the molecule is Cc1ccnc(N2CCc3cccc(N)c3C2)n1. The molecule has 4 heteroatoms. The molecule has 0 aliphatic carbocycles. The number of benzene rings is 1. The summed E-state index contributed by atoms with van der Waals surface area (Å²) in [6.45, 7) is 3.73. The molecular formula is C14H16N4. The molecule has 2 heterocycles. The Hall–Kier alpha value is -2.10. The van der Waals surface area contributed by atoms with Gasteiger partial charge in [-0.1, -0.05) is 12.1 Å². The van der Waals surface area contributed by atoms with Crippen molar-refractivity contribution < 1.29 is 0 Å². The van der Waals surface area contributed by atoms with Gasteiger partial charge in [0.05, 0.1) is 0 Å². The van der Waals surface area contributed by atoms with Gasteiger partial charge in [-0.25, -0.2) is 9.97 Å². The average molecular weight is 240 g/mol. The molecule has 1 aromatic heterocycles. The third kappa shape index (κ3) is 1.90. The predicted octanol–water partition coefficient (Wildman–Crippen LogP) is 1.93. The maximum atomic E-state index is 6.04. The second-order valence-electron chi connectivity index (χ2n) is 4.65. The van der Waals surface area contributed by atoms with E-state index in [1.54, 1.807) is 0 Å². The zero-order valence-corrected chi connectivity index (χ0v) is 10.4. The van der Waals surface area contributed by atoms with Crippen LogP contribution >= 0.6 is 0 Å². The summed E-state index contributed by atoms with van der Waals surface area (Å²) in [6.07, 6.45) is 2.80. The molecule has 3 rings (SSSR count). The molecule has 2 N–H and O–H groups in total. The van der Waals surface area contributed by atoms with Crippen LogP contribution in [0, 0.1) is 6.92 Å². The average Bonchev–Trinajstić information content (AvgIpc) is 2.39. The molecule has 1 aliphatic heterocycles. The second kappa shape index (κ2) is 4.29. The van der Waals surface area contributed by atoms with Crippen LogP contribution in [0.5, 0.6) is 0 Å². The zero-order chi connectivity index (χ0) is 12.5. The summed E-state index contributed by atoms with van der Waals surface area (Å²) in [4.78, 5) is 11.0. The fourth-order valence-electron chi connectivity index (χ4n) is 2.37. The molecule has 0 unspecified atom stereocenters. The lowest BCUT2D eigenvalue weighted by molar-refractivity contribution is 0.707. The standard InChI is InChI=1S/C14H16N4/c1-10-5-7-16-14(17-10)18-8-6-11-3-2-4-13(15)12(11)9-18/h2-5,7H,6,8-9,15H2,1H3. The number of aromatic nitrogens is 2. The molecule has 0 radical (unpaired) electrons. The lowest BCUT2D eigenvalue weighted by Crippen LogP contribution is -2.32. The van der Waals surface area contributed by atoms with E-state index in [1.165, 1.54) is 11.1 Å². The van der Waals surface area contributed by atoms with Gasteiger partial charge in [-0.05, 0) is 36.6 Å². The van der Waals surface area contributed by atoms with Crippen LogP contribution in [-0.4, -0.2) is 16.5 Å². The van der Waals surface area contributed by atoms with Crippen molar-refractivity contribution in [2.45, 2.75) is 19.9 Å². The summed E-state index contributed by atoms with van der Waals surface area (Å²) in [5.74, 6) is 0.795. The second-order valence-corrected chi connectivity index (χ2v) is 4.65. The molecule has 92 valence electrons. The normalized spacial score (nSPS) is 14.4. The Labute approximate surface area is 106 Å². The van der Waals surface area contributed by atoms with Crippen molar-refractivity contribution in [2.75, 3.05) is 17.2 Å². The maximum absolute atomic E-state index is 6.04. The van der Waals surface area contributed by atoms with E-state index in [1.807, 2.05) is 31.3 Å². The minimum atomic E-state index is 0.795. The van der Waals surface area contributed by atoms with Crippen molar-refractivity contribution >= 4 is 11.6 Å². The van der Waals surface area contributed by atoms with Crippen LogP contribution in [-0.2, 0) is 13.0 Å². The van der Waals surface area contributed by atoms with Crippen LogP contribution in [0.3, 0.4) is 0 Å². The lowest BCUT2D eigenvalue weighted by atomic mass is 9.98. The number of fused-ring (bicyclic) bond motifs is 1. The Kier molecular flexibility index (Phi) is 2.63. The van der Waals surface area contributed by atoms with Gasteiger partial charge in [0.2, 0.25) is 5.95 Å². The first kappa shape index (κ1) is 11.0. The molecule has 1 aliphatic rings. The maximum Gasteiger partial charge on any atom is 0.225 e. The van der Waals surface area contributed by atoms with Crippen LogP contribution in [0.2, 0.25) is 0 Å². The number of rotatable bonds is 1. The molecule has 0 spiro atoms. The van der Waals surface area contributed by atoms with Crippen LogP contribution in [0.4, 0.5) is 11.6 Å². The zero-order valence-electron chi connectivity index (χ0n) is 10.4. The van der Waals surface area contributed by atoms with Crippen molar-refractivity contribution in [3.63, 3.8) is 0 Å². The van der Waals surface area contributed by atoms with E-state index in [2.05, 4.69) is 20.9 Å². The first-order valence-electron chi connectivity index (χ1n) is 6.15. The van der Waals surface area contributed by atoms with Gasteiger partial charge in [-0.2, -0.15) is 0 Å². The van der Waals surface area contributed by atoms with E-state index in [0.717, 1.165) is 36.8 Å².